The van der Waals surface area contributed by atoms with E-state index in [0.717, 1.165) is 23.7 Å². The Hall–Kier alpha value is -0.0400. The fraction of sp³-hybridized carbons (Fsp3) is 1.00. The molecule has 2 aliphatic carbocycles. The largest absolute Gasteiger partial charge is 0.316 e. The fourth-order valence-electron chi connectivity index (χ4n) is 3.58. The lowest BCUT2D eigenvalue weighted by Crippen LogP contribution is -2.19. The van der Waals surface area contributed by atoms with Crippen LogP contribution >= 0.6 is 0 Å². The van der Waals surface area contributed by atoms with Crippen LogP contribution in [0.25, 0.3) is 0 Å². The zero-order chi connectivity index (χ0) is 6.55. The van der Waals surface area contributed by atoms with Crippen LogP contribution in [-0.2, 0) is 0 Å². The molecule has 2 bridgehead atoms. The zero-order valence-electron chi connectivity index (χ0n) is 6.34. The minimum absolute atomic E-state index is 1.10. The second-order valence-corrected chi connectivity index (χ2v) is 4.32. The normalized spacial score (nSPS) is 57.6. The Morgan fingerprint density at radius 2 is 1.50 bits per heavy atom. The van der Waals surface area contributed by atoms with Gasteiger partial charge in [0.2, 0.25) is 0 Å². The van der Waals surface area contributed by atoms with E-state index in [9.17, 15) is 0 Å². The average Bonchev–Trinajstić information content (AvgIpc) is 2.60. The van der Waals surface area contributed by atoms with Crippen molar-refractivity contribution in [1.29, 1.82) is 0 Å². The van der Waals surface area contributed by atoms with E-state index in [-0.39, 0.29) is 0 Å². The number of hydrogen-bond acceptors (Lipinski definition) is 1. The van der Waals surface area contributed by atoms with Gasteiger partial charge in [-0.15, -0.1) is 0 Å². The molecule has 2 saturated carbocycles. The zero-order valence-corrected chi connectivity index (χ0v) is 6.34. The van der Waals surface area contributed by atoms with Gasteiger partial charge in [0.15, 0.2) is 0 Å². The first kappa shape index (κ1) is 5.59. The minimum Gasteiger partial charge on any atom is -0.316 e. The van der Waals surface area contributed by atoms with Crippen LogP contribution in [-0.4, -0.2) is 13.1 Å². The third kappa shape index (κ3) is 0.531. The van der Waals surface area contributed by atoms with Crippen molar-refractivity contribution in [3.05, 3.63) is 0 Å². The summed E-state index contributed by atoms with van der Waals surface area (Å²) in [5.41, 5.74) is 0. The number of nitrogens with one attached hydrogen (secondary N) is 1. The van der Waals surface area contributed by atoms with Crippen molar-refractivity contribution in [1.82, 2.24) is 5.32 Å². The average molecular weight is 137 g/mol. The topological polar surface area (TPSA) is 12.0 Å². The van der Waals surface area contributed by atoms with Crippen molar-refractivity contribution in [2.45, 2.75) is 19.3 Å². The highest BCUT2D eigenvalue weighted by atomic mass is 14.9. The predicted molar refractivity (Wildman–Crippen MR) is 40.7 cm³/mol. The molecule has 0 radical (unpaired) electrons. The Labute approximate surface area is 62.2 Å². The molecule has 0 aromatic heterocycles. The van der Waals surface area contributed by atoms with Crippen molar-refractivity contribution in [2.24, 2.45) is 23.7 Å². The highest BCUT2D eigenvalue weighted by Crippen LogP contribution is 2.53. The van der Waals surface area contributed by atoms with Crippen LogP contribution in [0, 0.1) is 23.7 Å². The van der Waals surface area contributed by atoms with Crippen LogP contribution in [0.15, 0.2) is 0 Å². The summed E-state index contributed by atoms with van der Waals surface area (Å²) in [7, 11) is 0. The monoisotopic (exact) mass is 137 g/mol. The Kier molecular flexibility index (Phi) is 0.984. The molecule has 0 spiro atoms. The Bertz CT molecular complexity index is 139. The maximum Gasteiger partial charge on any atom is -0.00145 e. The lowest BCUT2D eigenvalue weighted by molar-refractivity contribution is 0.281. The molecule has 3 aliphatic rings. The molecule has 1 heterocycles. The second kappa shape index (κ2) is 1.76. The number of rotatable bonds is 0. The van der Waals surface area contributed by atoms with E-state index in [1.165, 1.54) is 13.1 Å². The first-order valence-electron chi connectivity index (χ1n) is 4.66. The van der Waals surface area contributed by atoms with Gasteiger partial charge in [-0.1, -0.05) is 0 Å². The van der Waals surface area contributed by atoms with Gasteiger partial charge in [0.25, 0.3) is 0 Å². The van der Waals surface area contributed by atoms with Gasteiger partial charge in [-0.25, -0.2) is 0 Å². The molecule has 10 heavy (non-hydrogen) atoms. The van der Waals surface area contributed by atoms with Crippen LogP contribution in [0.3, 0.4) is 0 Å². The molecule has 3 rings (SSSR count). The third-order valence-electron chi connectivity index (χ3n) is 4.03. The molecule has 1 nitrogen and oxygen atoms in total. The molecule has 4 atom stereocenters. The fourth-order valence-corrected chi connectivity index (χ4v) is 3.58. The van der Waals surface area contributed by atoms with E-state index < -0.39 is 0 Å². The summed E-state index contributed by atoms with van der Waals surface area (Å²) in [5, 5.41) is 3.53. The molecule has 0 unspecified atom stereocenters. The molecule has 0 aromatic rings. The molecule has 0 amide bonds. The number of hydrogen-bond donors (Lipinski definition) is 1. The molecule has 1 saturated heterocycles. The van der Waals surface area contributed by atoms with Crippen molar-refractivity contribution in [3.8, 4) is 0 Å². The van der Waals surface area contributed by atoms with Crippen LogP contribution in [0.1, 0.15) is 19.3 Å². The van der Waals surface area contributed by atoms with Gasteiger partial charge in [-0.05, 0) is 56.0 Å². The predicted octanol–water partition coefficient (Wildman–Crippen LogP) is 1.25. The summed E-state index contributed by atoms with van der Waals surface area (Å²) in [6, 6.07) is 0. The Balaban J connectivity index is 1.92. The molecule has 56 valence electrons. The van der Waals surface area contributed by atoms with Crippen LogP contribution in [0.5, 0.6) is 0 Å². The van der Waals surface area contributed by atoms with Gasteiger partial charge in [-0.2, -0.15) is 0 Å². The number of fused-ring (bicyclic) bond motifs is 5. The van der Waals surface area contributed by atoms with E-state index in [4.69, 9.17) is 0 Å². The van der Waals surface area contributed by atoms with Crippen molar-refractivity contribution in [3.63, 3.8) is 0 Å². The van der Waals surface area contributed by atoms with Crippen molar-refractivity contribution >= 4 is 0 Å². The highest BCUT2D eigenvalue weighted by Gasteiger charge is 2.48. The molecule has 3 fully saturated rings. The Morgan fingerprint density at radius 3 is 2.10 bits per heavy atom. The second-order valence-electron chi connectivity index (χ2n) is 4.32. The van der Waals surface area contributed by atoms with Crippen LogP contribution in [0.4, 0.5) is 0 Å². The summed E-state index contributed by atoms with van der Waals surface area (Å²) in [6.07, 6.45) is 4.68. The van der Waals surface area contributed by atoms with E-state index in [1.54, 1.807) is 19.3 Å². The summed E-state index contributed by atoms with van der Waals surface area (Å²) < 4.78 is 0. The van der Waals surface area contributed by atoms with E-state index in [1.807, 2.05) is 0 Å². The first-order valence-corrected chi connectivity index (χ1v) is 4.66. The smallest absolute Gasteiger partial charge is 0.00145 e. The summed E-state index contributed by atoms with van der Waals surface area (Å²) in [6.45, 7) is 2.68. The van der Waals surface area contributed by atoms with Crippen LogP contribution < -0.4 is 5.32 Å². The SMILES string of the molecule is C1C[C@H]2C[C@@H]1[C@H]1CNC[C@@H]21. The van der Waals surface area contributed by atoms with Crippen molar-refractivity contribution in [2.75, 3.05) is 13.1 Å². The highest BCUT2D eigenvalue weighted by molar-refractivity contribution is 5.00. The van der Waals surface area contributed by atoms with Crippen LogP contribution in [0.2, 0.25) is 0 Å². The molecule has 0 aromatic carbocycles. The minimum atomic E-state index is 1.10. The van der Waals surface area contributed by atoms with Gasteiger partial charge >= 0.3 is 0 Å². The van der Waals surface area contributed by atoms with Gasteiger partial charge < -0.3 is 5.32 Å². The van der Waals surface area contributed by atoms with E-state index >= 15 is 0 Å². The summed E-state index contributed by atoms with van der Waals surface area (Å²) >= 11 is 0. The first-order chi connectivity index (χ1) is 4.95. The maximum atomic E-state index is 3.53. The molecule has 1 N–H and O–H groups in total. The van der Waals surface area contributed by atoms with Gasteiger partial charge in [0.05, 0.1) is 0 Å². The quantitative estimate of drug-likeness (QED) is 0.530. The van der Waals surface area contributed by atoms with E-state index in [2.05, 4.69) is 5.32 Å². The standard InChI is InChI=1S/C9H15N/c1-2-7-3-6(1)8-4-10-5-9(7)8/h6-10H,1-5H2/t6-,7+,8-,9+. The molecule has 1 heteroatoms. The Morgan fingerprint density at radius 1 is 0.900 bits per heavy atom. The lowest BCUT2D eigenvalue weighted by atomic mass is 9.82. The van der Waals surface area contributed by atoms with Gasteiger partial charge in [-0.3, -0.25) is 0 Å². The van der Waals surface area contributed by atoms with Crippen molar-refractivity contribution < 1.29 is 0 Å². The lowest BCUT2D eigenvalue weighted by Gasteiger charge is -2.22. The third-order valence-corrected chi connectivity index (χ3v) is 4.03. The van der Waals surface area contributed by atoms with E-state index in [0.29, 0.717) is 0 Å². The maximum absolute atomic E-state index is 3.53. The molecular weight excluding hydrogens is 122 g/mol. The molecular formula is C9H15N. The molecule has 1 aliphatic heterocycles. The summed E-state index contributed by atoms with van der Waals surface area (Å²) in [5.74, 6) is 4.45. The summed E-state index contributed by atoms with van der Waals surface area (Å²) in [4.78, 5) is 0. The van der Waals surface area contributed by atoms with Gasteiger partial charge in [0, 0.05) is 0 Å². The van der Waals surface area contributed by atoms with Gasteiger partial charge in [0.1, 0.15) is 0 Å².